The van der Waals surface area contributed by atoms with Gasteiger partial charge in [-0.05, 0) is 25.0 Å². The molecule has 0 aliphatic heterocycles. The Morgan fingerprint density at radius 1 is 1.10 bits per heavy atom. The number of halogens is 1. The fraction of sp³-hybridized carbons (Fsp3) is 0.625. The van der Waals surface area contributed by atoms with Crippen molar-refractivity contribution in [3.05, 3.63) is 29.0 Å². The minimum atomic E-state index is 0.0707. The predicted octanol–water partition coefficient (Wildman–Crippen LogP) is 4.56. The quantitative estimate of drug-likeness (QED) is 0.494. The van der Waals surface area contributed by atoms with E-state index in [4.69, 9.17) is 11.6 Å². The second kappa shape index (κ2) is 9.76. The van der Waals surface area contributed by atoms with E-state index in [-0.39, 0.29) is 5.91 Å². The van der Waals surface area contributed by atoms with Gasteiger partial charge in [0.05, 0.1) is 5.56 Å². The Morgan fingerprint density at radius 3 is 2.15 bits per heavy atom. The Hall–Kier alpha value is -1.09. The van der Waals surface area contributed by atoms with Crippen molar-refractivity contribution in [1.82, 2.24) is 9.88 Å². The molecule has 4 heteroatoms. The van der Waals surface area contributed by atoms with Gasteiger partial charge in [-0.15, -0.1) is 0 Å². The normalized spacial score (nSPS) is 10.6. The fourth-order valence-corrected chi connectivity index (χ4v) is 2.22. The molecule has 0 aromatic carbocycles. The number of carbonyl (C=O) groups excluding carboxylic acids is 1. The fourth-order valence-electron chi connectivity index (χ4n) is 2.11. The number of carbonyl (C=O) groups is 1. The standard InChI is InChI=1S/C16H25ClN2O/c1-3-5-7-11-19(12-8-6-4-2)16(20)14-9-10-15(17)18-13-14/h9-10,13H,3-8,11-12H2,1-2H3. The highest BCUT2D eigenvalue weighted by atomic mass is 35.5. The van der Waals surface area contributed by atoms with E-state index < -0.39 is 0 Å². The minimum absolute atomic E-state index is 0.0707. The molecule has 0 N–H and O–H groups in total. The summed E-state index contributed by atoms with van der Waals surface area (Å²) < 4.78 is 0. The third-order valence-electron chi connectivity index (χ3n) is 3.32. The molecule has 0 spiro atoms. The topological polar surface area (TPSA) is 33.2 Å². The highest BCUT2D eigenvalue weighted by Gasteiger charge is 2.15. The summed E-state index contributed by atoms with van der Waals surface area (Å²) in [4.78, 5) is 18.4. The number of hydrogen-bond acceptors (Lipinski definition) is 2. The number of pyridine rings is 1. The maximum Gasteiger partial charge on any atom is 0.255 e. The summed E-state index contributed by atoms with van der Waals surface area (Å²) in [6.45, 7) is 6.01. The van der Waals surface area contributed by atoms with Gasteiger partial charge in [-0.2, -0.15) is 0 Å². The first-order chi connectivity index (χ1) is 9.69. The first-order valence-electron chi connectivity index (χ1n) is 7.59. The van der Waals surface area contributed by atoms with E-state index in [1.165, 1.54) is 12.8 Å². The summed E-state index contributed by atoms with van der Waals surface area (Å²) in [5.74, 6) is 0.0707. The van der Waals surface area contributed by atoms with Gasteiger partial charge in [-0.25, -0.2) is 4.98 Å². The van der Waals surface area contributed by atoms with Crippen LogP contribution in [0.4, 0.5) is 0 Å². The second-order valence-corrected chi connectivity index (χ2v) is 5.46. The minimum Gasteiger partial charge on any atom is -0.339 e. The zero-order valence-corrected chi connectivity index (χ0v) is 13.3. The lowest BCUT2D eigenvalue weighted by molar-refractivity contribution is 0.0749. The maximum atomic E-state index is 12.5. The smallest absolute Gasteiger partial charge is 0.255 e. The zero-order valence-electron chi connectivity index (χ0n) is 12.6. The Labute approximate surface area is 127 Å². The average Bonchev–Trinajstić information content (AvgIpc) is 2.46. The molecule has 1 heterocycles. The second-order valence-electron chi connectivity index (χ2n) is 5.08. The van der Waals surface area contributed by atoms with Gasteiger partial charge in [-0.1, -0.05) is 51.1 Å². The molecule has 0 radical (unpaired) electrons. The van der Waals surface area contributed by atoms with Gasteiger partial charge in [0.25, 0.3) is 5.91 Å². The molecule has 0 fully saturated rings. The van der Waals surface area contributed by atoms with Crippen molar-refractivity contribution in [2.24, 2.45) is 0 Å². The molecule has 1 aromatic heterocycles. The molecule has 1 aromatic rings. The van der Waals surface area contributed by atoms with E-state index in [1.807, 2.05) is 4.90 Å². The van der Waals surface area contributed by atoms with Crippen molar-refractivity contribution in [3.63, 3.8) is 0 Å². The van der Waals surface area contributed by atoms with E-state index >= 15 is 0 Å². The molecule has 0 aliphatic carbocycles. The van der Waals surface area contributed by atoms with Crippen LogP contribution in [0.3, 0.4) is 0 Å². The van der Waals surface area contributed by atoms with Gasteiger partial charge < -0.3 is 4.90 Å². The van der Waals surface area contributed by atoms with Gasteiger partial charge in [0.1, 0.15) is 5.15 Å². The third-order valence-corrected chi connectivity index (χ3v) is 3.55. The van der Waals surface area contributed by atoms with Crippen LogP contribution in [-0.2, 0) is 0 Å². The van der Waals surface area contributed by atoms with E-state index in [9.17, 15) is 4.79 Å². The highest BCUT2D eigenvalue weighted by molar-refractivity contribution is 6.29. The number of rotatable bonds is 9. The summed E-state index contributed by atoms with van der Waals surface area (Å²) in [6.07, 6.45) is 8.36. The van der Waals surface area contributed by atoms with Crippen LogP contribution in [-0.4, -0.2) is 28.9 Å². The summed E-state index contributed by atoms with van der Waals surface area (Å²) >= 11 is 5.76. The van der Waals surface area contributed by atoms with E-state index in [2.05, 4.69) is 18.8 Å². The number of amides is 1. The van der Waals surface area contributed by atoms with Gasteiger partial charge >= 0.3 is 0 Å². The molecule has 3 nitrogen and oxygen atoms in total. The van der Waals surface area contributed by atoms with E-state index in [1.54, 1.807) is 18.3 Å². The van der Waals surface area contributed by atoms with Crippen LogP contribution in [0.1, 0.15) is 62.7 Å². The van der Waals surface area contributed by atoms with Crippen molar-refractivity contribution in [2.45, 2.75) is 52.4 Å². The van der Waals surface area contributed by atoms with Gasteiger partial charge in [0.15, 0.2) is 0 Å². The van der Waals surface area contributed by atoms with Gasteiger partial charge in [0, 0.05) is 19.3 Å². The lowest BCUT2D eigenvalue weighted by atomic mass is 10.2. The summed E-state index contributed by atoms with van der Waals surface area (Å²) in [6, 6.07) is 3.43. The summed E-state index contributed by atoms with van der Waals surface area (Å²) in [5, 5.41) is 0.421. The van der Waals surface area contributed by atoms with Crippen LogP contribution < -0.4 is 0 Å². The third kappa shape index (κ3) is 5.91. The maximum absolute atomic E-state index is 12.5. The summed E-state index contributed by atoms with van der Waals surface area (Å²) in [7, 11) is 0. The van der Waals surface area contributed by atoms with E-state index in [0.29, 0.717) is 10.7 Å². The largest absolute Gasteiger partial charge is 0.339 e. The van der Waals surface area contributed by atoms with Crippen molar-refractivity contribution >= 4 is 17.5 Å². The van der Waals surface area contributed by atoms with Crippen LogP contribution in [0.5, 0.6) is 0 Å². The molecule has 0 bridgehead atoms. The Kier molecular flexibility index (Phi) is 8.28. The predicted molar refractivity (Wildman–Crippen MR) is 84.2 cm³/mol. The molecular weight excluding hydrogens is 272 g/mol. The van der Waals surface area contributed by atoms with Crippen molar-refractivity contribution in [2.75, 3.05) is 13.1 Å². The molecular formula is C16H25ClN2O. The molecule has 0 saturated heterocycles. The van der Waals surface area contributed by atoms with Crippen LogP contribution in [0.2, 0.25) is 5.15 Å². The Bertz CT molecular complexity index is 382. The molecule has 0 aliphatic rings. The van der Waals surface area contributed by atoms with Crippen LogP contribution >= 0.6 is 11.6 Å². The van der Waals surface area contributed by atoms with Crippen LogP contribution in [0.25, 0.3) is 0 Å². The Morgan fingerprint density at radius 2 is 1.70 bits per heavy atom. The van der Waals surface area contributed by atoms with Crippen molar-refractivity contribution < 1.29 is 4.79 Å². The molecule has 20 heavy (non-hydrogen) atoms. The Balaban J connectivity index is 2.63. The van der Waals surface area contributed by atoms with Gasteiger partial charge in [-0.3, -0.25) is 4.79 Å². The molecule has 0 unspecified atom stereocenters. The molecule has 1 amide bonds. The number of aromatic nitrogens is 1. The number of unbranched alkanes of at least 4 members (excludes halogenated alkanes) is 4. The summed E-state index contributed by atoms with van der Waals surface area (Å²) in [5.41, 5.74) is 0.627. The van der Waals surface area contributed by atoms with Crippen molar-refractivity contribution in [3.8, 4) is 0 Å². The first kappa shape index (κ1) is 17.0. The first-order valence-corrected chi connectivity index (χ1v) is 7.97. The zero-order chi connectivity index (χ0) is 14.8. The molecule has 0 atom stereocenters. The lowest BCUT2D eigenvalue weighted by Crippen LogP contribution is -2.33. The number of hydrogen-bond donors (Lipinski definition) is 0. The van der Waals surface area contributed by atoms with Crippen molar-refractivity contribution in [1.29, 1.82) is 0 Å². The average molecular weight is 297 g/mol. The van der Waals surface area contributed by atoms with Gasteiger partial charge in [0.2, 0.25) is 0 Å². The van der Waals surface area contributed by atoms with Crippen LogP contribution in [0.15, 0.2) is 18.3 Å². The highest BCUT2D eigenvalue weighted by Crippen LogP contribution is 2.11. The van der Waals surface area contributed by atoms with E-state index in [0.717, 1.165) is 38.8 Å². The number of nitrogens with zero attached hydrogens (tertiary/aromatic N) is 2. The SMILES string of the molecule is CCCCCN(CCCCC)C(=O)c1ccc(Cl)nc1. The lowest BCUT2D eigenvalue weighted by Gasteiger charge is -2.22. The molecule has 112 valence electrons. The monoisotopic (exact) mass is 296 g/mol. The molecule has 0 saturated carbocycles. The van der Waals surface area contributed by atoms with Crippen LogP contribution in [0, 0.1) is 0 Å². The molecule has 1 rings (SSSR count).